The van der Waals surface area contributed by atoms with Crippen LogP contribution in [-0.2, 0) is 25.1 Å². The molecule has 0 aromatic heterocycles. The largest absolute Gasteiger partial charge is 0.491 e. The van der Waals surface area contributed by atoms with Gasteiger partial charge in [0.25, 0.3) is 10.1 Å². The molecule has 1 aliphatic rings. The van der Waals surface area contributed by atoms with Crippen molar-refractivity contribution in [3.63, 3.8) is 0 Å². The molecule has 222 valence electrons. The first kappa shape index (κ1) is 33.0. The number of nitrogens with zero attached hydrogens (tertiary/aromatic N) is 3. The van der Waals surface area contributed by atoms with Crippen molar-refractivity contribution >= 4 is 49.5 Å². The Morgan fingerprint density at radius 2 is 1.57 bits per heavy atom. The van der Waals surface area contributed by atoms with Crippen LogP contribution in [0.3, 0.4) is 0 Å². The molecule has 0 saturated carbocycles. The average Bonchev–Trinajstić information content (AvgIpc) is 2.83. The van der Waals surface area contributed by atoms with E-state index in [1.54, 1.807) is 23.1 Å². The standard InChI is InChI=1S/C21H25ClFN5O5S.C2H6O3S/c1-21(2)27-19(24)26-20(25)28(21)14-3-8-18(17(22)13-14)33-12-10-31-9-11-32-15-4-6-16(7-5-15)34(23,29)30;1-2-6(3,4)5/h3-8,13H,9-12H2,1-2H3,(H4,24,25,26,27);2H2,1H3,(H,3,4,5). The molecule has 0 radical (unpaired) electrons. The van der Waals surface area contributed by atoms with Crippen molar-refractivity contribution in [3.05, 3.63) is 47.5 Å². The fourth-order valence-corrected chi connectivity index (χ4v) is 3.92. The molecule has 0 unspecified atom stereocenters. The predicted molar refractivity (Wildman–Crippen MR) is 150 cm³/mol. The van der Waals surface area contributed by atoms with Crippen LogP contribution >= 0.6 is 11.6 Å². The Morgan fingerprint density at radius 3 is 2.08 bits per heavy atom. The third-order valence-electron chi connectivity index (χ3n) is 5.02. The van der Waals surface area contributed by atoms with Gasteiger partial charge < -0.3 is 25.7 Å². The van der Waals surface area contributed by atoms with E-state index in [0.29, 0.717) is 22.2 Å². The first-order chi connectivity index (χ1) is 18.5. The highest BCUT2D eigenvalue weighted by molar-refractivity contribution is 7.86. The van der Waals surface area contributed by atoms with Crippen LogP contribution in [-0.4, -0.2) is 71.2 Å². The summed E-state index contributed by atoms with van der Waals surface area (Å²) >= 11 is 6.37. The molecule has 0 fully saturated rings. The fraction of sp³-hybridized carbons (Fsp3) is 0.391. The molecule has 13 nitrogen and oxygen atoms in total. The van der Waals surface area contributed by atoms with Gasteiger partial charge in [0.05, 0.1) is 28.9 Å². The van der Waals surface area contributed by atoms with E-state index in [1.165, 1.54) is 19.1 Å². The van der Waals surface area contributed by atoms with E-state index in [4.69, 9.17) is 41.8 Å². The number of anilines is 1. The maximum absolute atomic E-state index is 12.9. The van der Waals surface area contributed by atoms with Gasteiger partial charge in [-0.15, -0.1) is 3.89 Å². The first-order valence-corrected chi connectivity index (χ1v) is 15.0. The van der Waals surface area contributed by atoms with Gasteiger partial charge in [0, 0.05) is 5.69 Å². The molecule has 0 atom stereocenters. The minimum atomic E-state index is -4.73. The summed E-state index contributed by atoms with van der Waals surface area (Å²) in [5.41, 5.74) is 11.7. The molecule has 2 aromatic rings. The Morgan fingerprint density at radius 1 is 1.00 bits per heavy atom. The number of halogens is 2. The minimum absolute atomic E-state index is 0.111. The predicted octanol–water partition coefficient (Wildman–Crippen LogP) is 2.55. The Balaban J connectivity index is 0.000000840. The maximum Gasteiger partial charge on any atom is 0.332 e. The summed E-state index contributed by atoms with van der Waals surface area (Å²) in [5.74, 6) is 0.991. The van der Waals surface area contributed by atoms with Gasteiger partial charge >= 0.3 is 10.2 Å². The summed E-state index contributed by atoms with van der Waals surface area (Å²) in [6.45, 7) is 6.10. The third kappa shape index (κ3) is 10.4. The van der Waals surface area contributed by atoms with Gasteiger partial charge in [-0.2, -0.15) is 21.8 Å². The van der Waals surface area contributed by atoms with Crippen LogP contribution in [0.15, 0.2) is 57.3 Å². The Kier molecular flexibility index (Phi) is 11.5. The lowest BCUT2D eigenvalue weighted by Crippen LogP contribution is -2.54. The lowest BCUT2D eigenvalue weighted by atomic mass is 10.1. The van der Waals surface area contributed by atoms with E-state index < -0.39 is 30.9 Å². The van der Waals surface area contributed by atoms with Gasteiger partial charge in [0.15, 0.2) is 0 Å². The van der Waals surface area contributed by atoms with Gasteiger partial charge in [-0.1, -0.05) is 11.6 Å². The van der Waals surface area contributed by atoms with Crippen molar-refractivity contribution in [3.8, 4) is 11.5 Å². The molecule has 0 saturated heterocycles. The molecule has 0 spiro atoms. The SMILES string of the molecule is CC1(C)N=C(N)N=C(N)N1c1ccc(OCCOCCOc2ccc(S(=O)(=O)F)cc2)c(Cl)c1.CCS(=O)(=O)O. The van der Waals surface area contributed by atoms with Crippen molar-refractivity contribution in [1.82, 2.24) is 0 Å². The van der Waals surface area contributed by atoms with E-state index in [2.05, 4.69) is 9.98 Å². The first-order valence-electron chi connectivity index (χ1n) is 11.7. The normalized spacial score (nSPS) is 14.9. The quantitative estimate of drug-likeness (QED) is 0.189. The summed E-state index contributed by atoms with van der Waals surface area (Å²) < 4.78 is 77.9. The van der Waals surface area contributed by atoms with Crippen molar-refractivity contribution in [2.75, 3.05) is 37.1 Å². The van der Waals surface area contributed by atoms with Gasteiger partial charge in [-0.3, -0.25) is 9.45 Å². The molecule has 2 aromatic carbocycles. The number of aliphatic imine (C=N–C) groups is 2. The van der Waals surface area contributed by atoms with Gasteiger partial charge in [-0.25, -0.2) is 4.99 Å². The summed E-state index contributed by atoms with van der Waals surface area (Å²) in [7, 11) is -8.39. The molecule has 0 aliphatic carbocycles. The number of guanidine groups is 2. The highest BCUT2D eigenvalue weighted by Crippen LogP contribution is 2.33. The zero-order valence-electron chi connectivity index (χ0n) is 22.0. The van der Waals surface area contributed by atoms with Crippen LogP contribution in [0, 0.1) is 0 Å². The van der Waals surface area contributed by atoms with E-state index in [1.807, 2.05) is 13.8 Å². The monoisotopic (exact) mass is 623 g/mol. The fourth-order valence-electron chi connectivity index (χ4n) is 3.23. The second-order valence-corrected chi connectivity index (χ2v) is 12.0. The number of rotatable bonds is 11. The summed E-state index contributed by atoms with van der Waals surface area (Å²) in [5, 5.41) is 0.380. The summed E-state index contributed by atoms with van der Waals surface area (Å²) in [4.78, 5) is 9.61. The molecule has 1 aliphatic heterocycles. The number of hydrogen-bond donors (Lipinski definition) is 3. The molecule has 1 heterocycles. The molecule has 40 heavy (non-hydrogen) atoms. The Bertz CT molecular complexity index is 1440. The van der Waals surface area contributed by atoms with E-state index in [9.17, 15) is 20.7 Å². The van der Waals surface area contributed by atoms with Crippen LogP contribution in [0.2, 0.25) is 5.02 Å². The number of hydrogen-bond acceptors (Lipinski definition) is 12. The van der Waals surface area contributed by atoms with Crippen molar-refractivity contribution in [2.45, 2.75) is 31.3 Å². The molecule has 5 N–H and O–H groups in total. The van der Waals surface area contributed by atoms with Crippen molar-refractivity contribution in [2.24, 2.45) is 21.5 Å². The van der Waals surface area contributed by atoms with E-state index in [-0.39, 0.29) is 44.1 Å². The van der Waals surface area contributed by atoms with Gasteiger partial charge in [0.2, 0.25) is 11.9 Å². The number of ether oxygens (including phenoxy) is 3. The average molecular weight is 624 g/mol. The van der Waals surface area contributed by atoms with Crippen molar-refractivity contribution < 1.29 is 39.5 Å². The molecule has 0 amide bonds. The Hall–Kier alpha value is -3.18. The number of nitrogens with two attached hydrogens (primary N) is 2. The van der Waals surface area contributed by atoms with E-state index >= 15 is 0 Å². The zero-order chi connectivity index (χ0) is 30.1. The molecule has 3 rings (SSSR count). The van der Waals surface area contributed by atoms with E-state index in [0.717, 1.165) is 12.1 Å². The maximum atomic E-state index is 12.9. The Labute approximate surface area is 237 Å². The van der Waals surface area contributed by atoms with Crippen LogP contribution in [0.1, 0.15) is 20.8 Å². The minimum Gasteiger partial charge on any atom is -0.491 e. The van der Waals surface area contributed by atoms with Crippen molar-refractivity contribution in [1.29, 1.82) is 0 Å². The molecule has 17 heteroatoms. The summed E-state index contributed by atoms with van der Waals surface area (Å²) in [6, 6.07) is 10.2. The lowest BCUT2D eigenvalue weighted by Gasteiger charge is -2.38. The topological polar surface area (TPSA) is 196 Å². The van der Waals surface area contributed by atoms with Gasteiger partial charge in [0.1, 0.15) is 30.4 Å². The van der Waals surface area contributed by atoms with Crippen LogP contribution in [0.25, 0.3) is 0 Å². The second-order valence-electron chi connectivity index (χ2n) is 8.47. The van der Waals surface area contributed by atoms with Crippen LogP contribution in [0.4, 0.5) is 9.57 Å². The highest BCUT2D eigenvalue weighted by Gasteiger charge is 2.33. The van der Waals surface area contributed by atoms with Crippen LogP contribution in [0.5, 0.6) is 11.5 Å². The third-order valence-corrected chi connectivity index (χ3v) is 6.88. The smallest absolute Gasteiger partial charge is 0.332 e. The second kappa shape index (κ2) is 13.9. The molecular formula is C23H31ClFN5O8S2. The molecular weight excluding hydrogens is 593 g/mol. The molecule has 0 bridgehead atoms. The zero-order valence-corrected chi connectivity index (χ0v) is 24.3. The summed E-state index contributed by atoms with van der Waals surface area (Å²) in [6.07, 6.45) is 0. The van der Waals surface area contributed by atoms with Crippen LogP contribution < -0.4 is 25.8 Å². The lowest BCUT2D eigenvalue weighted by molar-refractivity contribution is 0.0764. The number of benzene rings is 2. The van der Waals surface area contributed by atoms with Gasteiger partial charge in [-0.05, 0) is 63.2 Å². The highest BCUT2D eigenvalue weighted by atomic mass is 35.5.